The van der Waals surface area contributed by atoms with Crippen LogP contribution >= 0.6 is 0 Å². The fourth-order valence-electron chi connectivity index (χ4n) is 4.04. The van der Waals surface area contributed by atoms with Crippen molar-refractivity contribution in [1.29, 1.82) is 0 Å². The summed E-state index contributed by atoms with van der Waals surface area (Å²) in [5.74, 6) is 1.66. The molecular weight excluding hydrogens is 416 g/mol. The van der Waals surface area contributed by atoms with Crippen LogP contribution < -0.4 is 9.47 Å². The van der Waals surface area contributed by atoms with Crippen LogP contribution in [0.25, 0.3) is 0 Å². The first-order valence-corrected chi connectivity index (χ1v) is 11.3. The fourth-order valence-corrected chi connectivity index (χ4v) is 4.04. The molecule has 0 radical (unpaired) electrons. The summed E-state index contributed by atoms with van der Waals surface area (Å²) in [7, 11) is 0. The van der Waals surface area contributed by atoms with Crippen LogP contribution in [0.3, 0.4) is 0 Å². The molecule has 2 heterocycles. The highest BCUT2D eigenvalue weighted by Crippen LogP contribution is 2.30. The van der Waals surface area contributed by atoms with Crippen LogP contribution in [0, 0.1) is 0 Å². The normalized spacial score (nSPS) is 16.6. The number of carbonyl (C=O) groups is 1. The van der Waals surface area contributed by atoms with Gasteiger partial charge in [0.2, 0.25) is 5.91 Å². The molecule has 172 valence electrons. The number of piperazine rings is 1. The molecule has 3 aromatic rings. The highest BCUT2D eigenvalue weighted by Gasteiger charge is 2.29. The number of carbonyl (C=O) groups excluding carboxylic acids is 1. The zero-order valence-electron chi connectivity index (χ0n) is 19.3. The maximum atomic E-state index is 12.1. The summed E-state index contributed by atoms with van der Waals surface area (Å²) >= 11 is 0. The van der Waals surface area contributed by atoms with E-state index in [0.717, 1.165) is 24.4 Å². The Kier molecular flexibility index (Phi) is 7.19. The van der Waals surface area contributed by atoms with Gasteiger partial charge < -0.3 is 14.4 Å². The second-order valence-electron chi connectivity index (χ2n) is 8.47. The first-order valence-electron chi connectivity index (χ1n) is 11.3. The number of ether oxygens (including phenoxy) is 2. The number of amides is 1. The largest absolute Gasteiger partial charge is 0.491 e. The van der Waals surface area contributed by atoms with E-state index in [1.807, 2.05) is 49.1 Å². The van der Waals surface area contributed by atoms with Crippen LogP contribution in [-0.2, 0) is 11.3 Å². The molecule has 7 heteroatoms. The molecule has 1 aliphatic heterocycles. The average Bonchev–Trinajstić information content (AvgIpc) is 2.80. The molecule has 33 heavy (non-hydrogen) atoms. The summed E-state index contributed by atoms with van der Waals surface area (Å²) in [5, 5.41) is 0. The van der Waals surface area contributed by atoms with Crippen LogP contribution in [-0.4, -0.2) is 51.4 Å². The van der Waals surface area contributed by atoms with Crippen molar-refractivity contribution in [2.75, 3.05) is 19.6 Å². The van der Waals surface area contributed by atoms with Gasteiger partial charge in [0.1, 0.15) is 11.5 Å². The van der Waals surface area contributed by atoms with Gasteiger partial charge in [-0.3, -0.25) is 9.69 Å². The SMILES string of the molecule is CC(=O)N1CCN(Cc2cccc(Oc3ncccn3)c2)[C@@H](c2ccc(OC(C)C)cc2)C1. The van der Waals surface area contributed by atoms with Crippen molar-refractivity contribution in [3.05, 3.63) is 78.1 Å². The lowest BCUT2D eigenvalue weighted by atomic mass is 10.0. The summed E-state index contributed by atoms with van der Waals surface area (Å²) in [6.45, 7) is 8.59. The zero-order valence-corrected chi connectivity index (χ0v) is 19.3. The van der Waals surface area contributed by atoms with Gasteiger partial charge in [0.15, 0.2) is 0 Å². The standard InChI is InChI=1S/C26H30N4O3/c1-19(2)32-23-10-8-22(9-11-23)25-18-29(20(3)31)14-15-30(25)17-21-6-4-7-24(16-21)33-26-27-12-5-13-28-26/h4-13,16,19,25H,14-15,17-18H2,1-3H3/t25-/m1/s1. The maximum Gasteiger partial charge on any atom is 0.321 e. The van der Waals surface area contributed by atoms with Gasteiger partial charge in [-0.1, -0.05) is 24.3 Å². The Morgan fingerprint density at radius 3 is 2.48 bits per heavy atom. The van der Waals surface area contributed by atoms with Crippen LogP contribution in [0.2, 0.25) is 0 Å². The van der Waals surface area contributed by atoms with Gasteiger partial charge in [0.25, 0.3) is 0 Å². The lowest BCUT2D eigenvalue weighted by molar-refractivity contribution is -0.132. The molecule has 2 aromatic carbocycles. The van der Waals surface area contributed by atoms with Crippen molar-refractivity contribution in [2.24, 2.45) is 0 Å². The van der Waals surface area contributed by atoms with Crippen molar-refractivity contribution < 1.29 is 14.3 Å². The second kappa shape index (κ2) is 10.4. The van der Waals surface area contributed by atoms with E-state index in [4.69, 9.17) is 9.47 Å². The Bertz CT molecular complexity index is 1060. The van der Waals surface area contributed by atoms with E-state index in [9.17, 15) is 4.79 Å². The molecule has 0 saturated carbocycles. The highest BCUT2D eigenvalue weighted by molar-refractivity contribution is 5.73. The number of nitrogens with zero attached hydrogens (tertiary/aromatic N) is 4. The van der Waals surface area contributed by atoms with E-state index in [-0.39, 0.29) is 18.1 Å². The summed E-state index contributed by atoms with van der Waals surface area (Å²) in [5.41, 5.74) is 2.30. The Labute approximate surface area is 195 Å². The summed E-state index contributed by atoms with van der Waals surface area (Å²) < 4.78 is 11.6. The van der Waals surface area contributed by atoms with Gasteiger partial charge in [0.05, 0.1) is 12.1 Å². The molecule has 1 atom stereocenters. The second-order valence-corrected chi connectivity index (χ2v) is 8.47. The number of aromatic nitrogens is 2. The van der Waals surface area contributed by atoms with E-state index in [2.05, 4.69) is 33.1 Å². The summed E-state index contributed by atoms with van der Waals surface area (Å²) in [6, 6.07) is 18.4. The molecule has 1 fully saturated rings. The van der Waals surface area contributed by atoms with Crippen molar-refractivity contribution >= 4 is 5.91 Å². The number of rotatable bonds is 7. The van der Waals surface area contributed by atoms with Crippen molar-refractivity contribution in [2.45, 2.75) is 39.5 Å². The average molecular weight is 447 g/mol. The lowest BCUT2D eigenvalue weighted by Crippen LogP contribution is -2.49. The Morgan fingerprint density at radius 1 is 1.03 bits per heavy atom. The van der Waals surface area contributed by atoms with E-state index in [0.29, 0.717) is 24.8 Å². The summed E-state index contributed by atoms with van der Waals surface area (Å²) in [4.78, 5) is 24.7. The van der Waals surface area contributed by atoms with Gasteiger partial charge in [-0.15, -0.1) is 0 Å². The number of benzene rings is 2. The third kappa shape index (κ3) is 6.08. The predicted molar refractivity (Wildman–Crippen MR) is 126 cm³/mol. The fraction of sp³-hybridized carbons (Fsp3) is 0.346. The minimum Gasteiger partial charge on any atom is -0.491 e. The molecule has 0 aliphatic carbocycles. The molecule has 0 bridgehead atoms. The minimum atomic E-state index is 0.0952. The molecule has 1 saturated heterocycles. The molecule has 4 rings (SSSR count). The van der Waals surface area contributed by atoms with Crippen molar-refractivity contribution in [3.8, 4) is 17.5 Å². The first kappa shape index (κ1) is 22.7. The van der Waals surface area contributed by atoms with E-state index < -0.39 is 0 Å². The van der Waals surface area contributed by atoms with Gasteiger partial charge >= 0.3 is 6.01 Å². The molecule has 0 unspecified atom stereocenters. The third-order valence-corrected chi connectivity index (χ3v) is 5.61. The highest BCUT2D eigenvalue weighted by atomic mass is 16.5. The van der Waals surface area contributed by atoms with E-state index in [1.54, 1.807) is 25.4 Å². The summed E-state index contributed by atoms with van der Waals surface area (Å²) in [6.07, 6.45) is 3.44. The quantitative estimate of drug-likeness (QED) is 0.534. The number of hydrogen-bond donors (Lipinski definition) is 0. The molecule has 1 amide bonds. The first-order chi connectivity index (χ1) is 16.0. The smallest absolute Gasteiger partial charge is 0.321 e. The van der Waals surface area contributed by atoms with Gasteiger partial charge in [-0.2, -0.15) is 0 Å². The molecule has 1 aliphatic rings. The van der Waals surface area contributed by atoms with E-state index in [1.165, 1.54) is 5.56 Å². The monoisotopic (exact) mass is 446 g/mol. The minimum absolute atomic E-state index is 0.0952. The lowest BCUT2D eigenvalue weighted by Gasteiger charge is -2.41. The Balaban J connectivity index is 1.52. The maximum absolute atomic E-state index is 12.1. The van der Waals surface area contributed by atoms with Crippen LogP contribution in [0.1, 0.15) is 37.9 Å². The van der Waals surface area contributed by atoms with Gasteiger partial charge in [-0.05, 0) is 55.3 Å². The van der Waals surface area contributed by atoms with Crippen molar-refractivity contribution in [1.82, 2.24) is 19.8 Å². The molecule has 0 N–H and O–H groups in total. The van der Waals surface area contributed by atoms with Crippen LogP contribution in [0.4, 0.5) is 0 Å². The van der Waals surface area contributed by atoms with Gasteiger partial charge in [-0.25, -0.2) is 9.97 Å². The van der Waals surface area contributed by atoms with E-state index >= 15 is 0 Å². The molecule has 7 nitrogen and oxygen atoms in total. The topological polar surface area (TPSA) is 67.8 Å². The number of hydrogen-bond acceptors (Lipinski definition) is 6. The third-order valence-electron chi connectivity index (χ3n) is 5.61. The molecule has 1 aromatic heterocycles. The van der Waals surface area contributed by atoms with Gasteiger partial charge in [0, 0.05) is 45.5 Å². The zero-order chi connectivity index (χ0) is 23.2. The predicted octanol–water partition coefficient (Wildman–Crippen LogP) is 4.46. The van der Waals surface area contributed by atoms with Crippen LogP contribution in [0.15, 0.2) is 67.0 Å². The Hall–Kier alpha value is -3.45. The molecular formula is C26H30N4O3. The molecule has 0 spiro atoms. The van der Waals surface area contributed by atoms with Crippen LogP contribution in [0.5, 0.6) is 17.5 Å². The Morgan fingerprint density at radius 2 is 1.79 bits per heavy atom. The van der Waals surface area contributed by atoms with Crippen molar-refractivity contribution in [3.63, 3.8) is 0 Å².